The lowest BCUT2D eigenvalue weighted by Gasteiger charge is -2.21. The van der Waals surface area contributed by atoms with Crippen LogP contribution in [0.1, 0.15) is 34.6 Å². The monoisotopic (exact) mass is 244 g/mol. The summed E-state index contributed by atoms with van der Waals surface area (Å²) in [7, 11) is 0. The molecule has 2 unspecified atom stereocenters. The van der Waals surface area contributed by atoms with Gasteiger partial charge in [-0.3, -0.25) is 9.59 Å². The highest BCUT2D eigenvalue weighted by atomic mass is 16.3. The van der Waals surface area contributed by atoms with Gasteiger partial charge < -0.3 is 15.7 Å². The van der Waals surface area contributed by atoms with Gasteiger partial charge >= 0.3 is 0 Å². The Labute approximate surface area is 103 Å². The van der Waals surface area contributed by atoms with E-state index in [1.54, 1.807) is 20.8 Å². The lowest BCUT2D eigenvalue weighted by molar-refractivity contribution is -0.131. The third-order valence-electron chi connectivity index (χ3n) is 2.62. The van der Waals surface area contributed by atoms with E-state index in [4.69, 9.17) is 5.11 Å². The van der Waals surface area contributed by atoms with Crippen LogP contribution in [0.25, 0.3) is 0 Å². The predicted molar refractivity (Wildman–Crippen MR) is 66.3 cm³/mol. The first-order chi connectivity index (χ1) is 7.68. The molecule has 2 amide bonds. The largest absolute Gasteiger partial charge is 0.396 e. The van der Waals surface area contributed by atoms with Gasteiger partial charge in [0.25, 0.3) is 0 Å². The maximum atomic E-state index is 11.5. The minimum Gasteiger partial charge on any atom is -0.396 e. The van der Waals surface area contributed by atoms with E-state index in [-0.39, 0.29) is 36.9 Å². The summed E-state index contributed by atoms with van der Waals surface area (Å²) in [5.74, 6) is -0.400. The number of nitrogens with one attached hydrogen (secondary N) is 2. The van der Waals surface area contributed by atoms with Crippen molar-refractivity contribution < 1.29 is 14.7 Å². The van der Waals surface area contributed by atoms with Gasteiger partial charge in [-0.2, -0.15) is 0 Å². The second-order valence-electron chi connectivity index (χ2n) is 5.45. The highest BCUT2D eigenvalue weighted by Crippen LogP contribution is 2.11. The summed E-state index contributed by atoms with van der Waals surface area (Å²) >= 11 is 0. The fourth-order valence-electron chi connectivity index (χ4n) is 1.03. The zero-order valence-corrected chi connectivity index (χ0v) is 11.3. The Morgan fingerprint density at radius 1 is 1.24 bits per heavy atom. The Hall–Kier alpha value is -1.10. The molecule has 0 rings (SSSR count). The molecular weight excluding hydrogens is 220 g/mol. The summed E-state index contributed by atoms with van der Waals surface area (Å²) in [6, 6.07) is -0.112. The molecule has 2 atom stereocenters. The molecule has 0 heterocycles. The zero-order valence-electron chi connectivity index (χ0n) is 11.3. The molecule has 100 valence electrons. The summed E-state index contributed by atoms with van der Waals surface area (Å²) < 4.78 is 0. The molecule has 0 spiro atoms. The molecule has 0 aliphatic rings. The molecule has 0 aromatic carbocycles. The Bertz CT molecular complexity index is 271. The maximum absolute atomic E-state index is 11.5. The van der Waals surface area contributed by atoms with Gasteiger partial charge in [0.2, 0.25) is 11.8 Å². The van der Waals surface area contributed by atoms with Crippen molar-refractivity contribution in [1.29, 1.82) is 0 Å². The van der Waals surface area contributed by atoms with Crippen LogP contribution in [0, 0.1) is 11.3 Å². The van der Waals surface area contributed by atoms with Crippen LogP contribution in [0.5, 0.6) is 0 Å². The number of hydrogen-bond donors (Lipinski definition) is 3. The van der Waals surface area contributed by atoms with Crippen molar-refractivity contribution in [2.24, 2.45) is 11.3 Å². The molecule has 17 heavy (non-hydrogen) atoms. The highest BCUT2D eigenvalue weighted by Gasteiger charge is 2.22. The van der Waals surface area contributed by atoms with Crippen molar-refractivity contribution in [3.05, 3.63) is 0 Å². The van der Waals surface area contributed by atoms with Crippen LogP contribution in [0.4, 0.5) is 0 Å². The molecular formula is C12H24N2O3. The first-order valence-corrected chi connectivity index (χ1v) is 5.87. The van der Waals surface area contributed by atoms with Crippen molar-refractivity contribution in [3.63, 3.8) is 0 Å². The van der Waals surface area contributed by atoms with Crippen LogP contribution < -0.4 is 10.6 Å². The fraction of sp³-hybridized carbons (Fsp3) is 0.833. The predicted octanol–water partition coefficient (Wildman–Crippen LogP) is 0.282. The quantitative estimate of drug-likeness (QED) is 0.650. The molecule has 0 aromatic rings. The van der Waals surface area contributed by atoms with Crippen molar-refractivity contribution in [3.8, 4) is 0 Å². The Morgan fingerprint density at radius 2 is 1.76 bits per heavy atom. The molecule has 5 heteroatoms. The minimum atomic E-state index is -0.496. The number of rotatable bonds is 5. The molecule has 3 N–H and O–H groups in total. The van der Waals surface area contributed by atoms with Gasteiger partial charge in [-0.05, 0) is 12.8 Å². The Balaban J connectivity index is 4.01. The topological polar surface area (TPSA) is 78.4 Å². The number of hydrogen-bond acceptors (Lipinski definition) is 3. The van der Waals surface area contributed by atoms with E-state index in [0.717, 1.165) is 0 Å². The van der Waals surface area contributed by atoms with E-state index >= 15 is 0 Å². The summed E-state index contributed by atoms with van der Waals surface area (Å²) in [5.41, 5.74) is -0.496. The number of amides is 2. The first kappa shape index (κ1) is 15.9. The molecule has 0 saturated carbocycles. The number of carbonyl (C=O) groups excluding carboxylic acids is 2. The lowest BCUT2D eigenvalue weighted by atomic mass is 9.96. The third kappa shape index (κ3) is 6.26. The average Bonchev–Trinajstić information content (AvgIpc) is 2.23. The summed E-state index contributed by atoms with van der Waals surface area (Å²) in [4.78, 5) is 23.0. The molecule has 0 saturated heterocycles. The van der Waals surface area contributed by atoms with E-state index in [1.165, 1.54) is 0 Å². The molecule has 0 fully saturated rings. The molecule has 0 aromatic heterocycles. The van der Waals surface area contributed by atoms with E-state index in [1.807, 2.05) is 13.8 Å². The summed E-state index contributed by atoms with van der Waals surface area (Å²) in [6.07, 6.45) is 0. The standard InChI is InChI=1S/C12H24N2O3/c1-8(7-15)9(2)14-10(16)6-13-11(17)12(3,4)5/h8-9,15H,6-7H2,1-5H3,(H,13,17)(H,14,16). The lowest BCUT2D eigenvalue weighted by Crippen LogP contribution is -2.45. The van der Waals surface area contributed by atoms with Crippen LogP contribution in [0.2, 0.25) is 0 Å². The van der Waals surface area contributed by atoms with Gasteiger partial charge in [0.1, 0.15) is 0 Å². The Kier molecular flexibility index (Phi) is 6.16. The smallest absolute Gasteiger partial charge is 0.239 e. The average molecular weight is 244 g/mol. The van der Waals surface area contributed by atoms with Crippen molar-refractivity contribution in [2.45, 2.75) is 40.7 Å². The number of aliphatic hydroxyl groups excluding tert-OH is 1. The van der Waals surface area contributed by atoms with Crippen molar-refractivity contribution >= 4 is 11.8 Å². The number of aliphatic hydroxyl groups is 1. The maximum Gasteiger partial charge on any atom is 0.239 e. The van der Waals surface area contributed by atoms with E-state index in [2.05, 4.69) is 10.6 Å². The van der Waals surface area contributed by atoms with Gasteiger partial charge in [0.05, 0.1) is 6.54 Å². The molecule has 0 aliphatic carbocycles. The first-order valence-electron chi connectivity index (χ1n) is 5.87. The minimum absolute atomic E-state index is 0.00253. The Morgan fingerprint density at radius 3 is 2.18 bits per heavy atom. The molecule has 5 nitrogen and oxygen atoms in total. The van der Waals surface area contributed by atoms with Crippen LogP contribution in [-0.2, 0) is 9.59 Å². The van der Waals surface area contributed by atoms with Gasteiger partial charge in [-0.25, -0.2) is 0 Å². The SMILES string of the molecule is CC(CO)C(C)NC(=O)CNC(=O)C(C)(C)C. The van der Waals surface area contributed by atoms with Gasteiger partial charge in [-0.1, -0.05) is 27.7 Å². The van der Waals surface area contributed by atoms with Crippen LogP contribution >= 0.6 is 0 Å². The highest BCUT2D eigenvalue weighted by molar-refractivity contribution is 5.87. The molecule has 0 aliphatic heterocycles. The van der Waals surface area contributed by atoms with E-state index in [9.17, 15) is 9.59 Å². The summed E-state index contributed by atoms with van der Waals surface area (Å²) in [6.45, 7) is 9.03. The van der Waals surface area contributed by atoms with Gasteiger partial charge in [0, 0.05) is 18.1 Å². The van der Waals surface area contributed by atoms with E-state index < -0.39 is 5.41 Å². The van der Waals surface area contributed by atoms with Crippen LogP contribution in [0.15, 0.2) is 0 Å². The number of carbonyl (C=O) groups is 2. The van der Waals surface area contributed by atoms with E-state index in [0.29, 0.717) is 0 Å². The van der Waals surface area contributed by atoms with Gasteiger partial charge in [0.15, 0.2) is 0 Å². The second kappa shape index (κ2) is 6.59. The third-order valence-corrected chi connectivity index (χ3v) is 2.62. The molecule has 0 radical (unpaired) electrons. The molecule has 0 bridgehead atoms. The fourth-order valence-corrected chi connectivity index (χ4v) is 1.03. The van der Waals surface area contributed by atoms with Crippen molar-refractivity contribution in [1.82, 2.24) is 10.6 Å². The second-order valence-corrected chi connectivity index (χ2v) is 5.45. The van der Waals surface area contributed by atoms with Crippen LogP contribution in [-0.4, -0.2) is 36.1 Å². The van der Waals surface area contributed by atoms with Crippen molar-refractivity contribution in [2.75, 3.05) is 13.2 Å². The van der Waals surface area contributed by atoms with Crippen LogP contribution in [0.3, 0.4) is 0 Å². The zero-order chi connectivity index (χ0) is 13.6. The summed E-state index contributed by atoms with van der Waals surface area (Å²) in [5, 5.41) is 14.2. The van der Waals surface area contributed by atoms with Gasteiger partial charge in [-0.15, -0.1) is 0 Å². The normalized spacial score (nSPS) is 14.9.